The molecule has 1 aliphatic carbocycles. The highest BCUT2D eigenvalue weighted by Gasteiger charge is 2.21. The average Bonchev–Trinajstić information content (AvgIpc) is 3.32. The summed E-state index contributed by atoms with van der Waals surface area (Å²) in [6, 6.07) is 8.67. The topological polar surface area (TPSA) is 99.4 Å². The molecule has 0 aliphatic heterocycles. The zero-order valence-corrected chi connectivity index (χ0v) is 16.4. The van der Waals surface area contributed by atoms with E-state index in [-0.39, 0.29) is 12.2 Å². The van der Waals surface area contributed by atoms with Gasteiger partial charge >= 0.3 is 0 Å². The highest BCUT2D eigenvalue weighted by Crippen LogP contribution is 2.28. The van der Waals surface area contributed by atoms with Crippen molar-refractivity contribution in [3.8, 4) is 11.3 Å². The molecule has 1 saturated carbocycles. The molecule has 0 amide bonds. The molecule has 0 spiro atoms. The van der Waals surface area contributed by atoms with E-state index in [0.717, 1.165) is 44.9 Å². The van der Waals surface area contributed by atoms with Crippen molar-refractivity contribution in [3.05, 3.63) is 59.2 Å². The Morgan fingerprint density at radius 2 is 2.07 bits per heavy atom. The predicted octanol–water partition coefficient (Wildman–Crippen LogP) is 3.96. The number of Topliss-reactive ketones (excluding diaryl/α,β-unsaturated/α-hetero) is 1. The maximum absolute atomic E-state index is 12.6. The van der Waals surface area contributed by atoms with Gasteiger partial charge in [-0.1, -0.05) is 0 Å². The summed E-state index contributed by atoms with van der Waals surface area (Å²) in [5.41, 5.74) is 6.05. The maximum Gasteiger partial charge on any atom is 0.187 e. The standard InChI is InChI=1S/C22H22N6O/c1-12-13(2)27-28-21(12)19(29)8-14-7-16-9-18(26-22(16)24-11-14)15-5-6-23-20(10-15)25-17-3-4-17/h5-7,9-11,17H,3-4,8H2,1-2H3,(H,23,25)(H,24,26)(H,27,28). The summed E-state index contributed by atoms with van der Waals surface area (Å²) in [7, 11) is 0. The van der Waals surface area contributed by atoms with Crippen molar-refractivity contribution < 1.29 is 4.79 Å². The molecule has 0 bridgehead atoms. The number of fused-ring (bicyclic) bond motifs is 1. The third kappa shape index (κ3) is 3.51. The molecule has 1 aliphatic rings. The number of anilines is 1. The number of carbonyl (C=O) groups is 1. The molecule has 7 nitrogen and oxygen atoms in total. The fourth-order valence-corrected chi connectivity index (χ4v) is 3.45. The summed E-state index contributed by atoms with van der Waals surface area (Å²) in [6.07, 6.45) is 6.26. The molecular weight excluding hydrogens is 364 g/mol. The number of carbonyl (C=O) groups excluding carboxylic acids is 1. The second-order valence-electron chi connectivity index (χ2n) is 7.73. The molecule has 0 unspecified atom stereocenters. The van der Waals surface area contributed by atoms with E-state index in [1.165, 1.54) is 12.8 Å². The molecule has 4 aromatic heterocycles. The van der Waals surface area contributed by atoms with Gasteiger partial charge in [0, 0.05) is 52.8 Å². The Labute approximate surface area is 168 Å². The average molecular weight is 386 g/mol. The van der Waals surface area contributed by atoms with Crippen LogP contribution in [-0.4, -0.2) is 37.0 Å². The lowest BCUT2D eigenvalue weighted by atomic mass is 10.0. The number of aromatic amines is 2. The van der Waals surface area contributed by atoms with E-state index in [1.54, 1.807) is 6.20 Å². The molecule has 4 aromatic rings. The van der Waals surface area contributed by atoms with Gasteiger partial charge in [-0.05, 0) is 56.5 Å². The van der Waals surface area contributed by atoms with Crippen LogP contribution in [0.4, 0.5) is 5.82 Å². The van der Waals surface area contributed by atoms with Crippen molar-refractivity contribution in [2.75, 3.05) is 5.32 Å². The molecule has 4 heterocycles. The minimum Gasteiger partial charge on any atom is -0.367 e. The number of hydrogen-bond acceptors (Lipinski definition) is 5. The number of aryl methyl sites for hydroxylation is 1. The fraction of sp³-hybridized carbons (Fsp3) is 0.273. The van der Waals surface area contributed by atoms with Crippen LogP contribution >= 0.6 is 0 Å². The maximum atomic E-state index is 12.6. The minimum atomic E-state index is -0.00585. The predicted molar refractivity (Wildman–Crippen MR) is 112 cm³/mol. The van der Waals surface area contributed by atoms with Gasteiger partial charge in [-0.2, -0.15) is 5.10 Å². The van der Waals surface area contributed by atoms with Crippen LogP contribution < -0.4 is 5.32 Å². The molecule has 7 heteroatoms. The van der Waals surface area contributed by atoms with Crippen molar-refractivity contribution >= 4 is 22.6 Å². The van der Waals surface area contributed by atoms with E-state index >= 15 is 0 Å². The zero-order valence-electron chi connectivity index (χ0n) is 16.4. The van der Waals surface area contributed by atoms with Gasteiger partial charge in [0.15, 0.2) is 5.78 Å². The van der Waals surface area contributed by atoms with E-state index < -0.39 is 0 Å². The van der Waals surface area contributed by atoms with Gasteiger partial charge in [-0.15, -0.1) is 0 Å². The molecule has 29 heavy (non-hydrogen) atoms. The Morgan fingerprint density at radius 3 is 2.83 bits per heavy atom. The second-order valence-corrected chi connectivity index (χ2v) is 7.73. The van der Waals surface area contributed by atoms with Gasteiger partial charge < -0.3 is 10.3 Å². The zero-order chi connectivity index (χ0) is 20.0. The second kappa shape index (κ2) is 6.84. The smallest absolute Gasteiger partial charge is 0.187 e. The van der Waals surface area contributed by atoms with Crippen molar-refractivity contribution in [1.82, 2.24) is 25.1 Å². The third-order valence-corrected chi connectivity index (χ3v) is 5.41. The van der Waals surface area contributed by atoms with E-state index in [4.69, 9.17) is 0 Å². The first kappa shape index (κ1) is 17.6. The first-order valence-corrected chi connectivity index (χ1v) is 9.82. The van der Waals surface area contributed by atoms with Crippen molar-refractivity contribution in [2.24, 2.45) is 0 Å². The number of rotatable bonds is 6. The first-order valence-electron chi connectivity index (χ1n) is 9.82. The van der Waals surface area contributed by atoms with E-state index in [0.29, 0.717) is 11.7 Å². The summed E-state index contributed by atoms with van der Waals surface area (Å²) in [4.78, 5) is 24.9. The van der Waals surface area contributed by atoms with Crippen LogP contribution in [0.1, 0.15) is 40.2 Å². The van der Waals surface area contributed by atoms with Crippen molar-refractivity contribution in [3.63, 3.8) is 0 Å². The van der Waals surface area contributed by atoms with Crippen molar-refractivity contribution in [1.29, 1.82) is 0 Å². The molecule has 0 aromatic carbocycles. The third-order valence-electron chi connectivity index (χ3n) is 5.41. The molecule has 3 N–H and O–H groups in total. The fourth-order valence-electron chi connectivity index (χ4n) is 3.45. The quantitative estimate of drug-likeness (QED) is 0.436. The van der Waals surface area contributed by atoms with Gasteiger partial charge in [0.05, 0.1) is 0 Å². The molecule has 1 fully saturated rings. The first-order chi connectivity index (χ1) is 14.1. The number of aromatic nitrogens is 5. The molecule has 146 valence electrons. The highest BCUT2D eigenvalue weighted by molar-refractivity contribution is 5.97. The monoisotopic (exact) mass is 386 g/mol. The summed E-state index contributed by atoms with van der Waals surface area (Å²) >= 11 is 0. The van der Waals surface area contributed by atoms with Crippen LogP contribution in [0.2, 0.25) is 0 Å². The van der Waals surface area contributed by atoms with Gasteiger partial charge in [0.1, 0.15) is 17.2 Å². The summed E-state index contributed by atoms with van der Waals surface area (Å²) in [6.45, 7) is 3.83. The molecule has 5 rings (SSSR count). The highest BCUT2D eigenvalue weighted by atomic mass is 16.1. The van der Waals surface area contributed by atoms with Crippen LogP contribution in [0.15, 0.2) is 36.7 Å². The van der Waals surface area contributed by atoms with Crippen LogP contribution in [0, 0.1) is 13.8 Å². The lowest BCUT2D eigenvalue weighted by Crippen LogP contribution is -2.06. The van der Waals surface area contributed by atoms with Crippen LogP contribution in [0.25, 0.3) is 22.3 Å². The molecular formula is C22H22N6O. The van der Waals surface area contributed by atoms with Gasteiger partial charge in [-0.25, -0.2) is 9.97 Å². The number of ketones is 1. The number of nitrogens with one attached hydrogen (secondary N) is 3. The Kier molecular flexibility index (Phi) is 4.16. The summed E-state index contributed by atoms with van der Waals surface area (Å²) in [5, 5.41) is 11.4. The van der Waals surface area contributed by atoms with Crippen molar-refractivity contribution in [2.45, 2.75) is 39.2 Å². The Bertz CT molecular complexity index is 1220. The van der Waals surface area contributed by atoms with E-state index in [2.05, 4.69) is 42.6 Å². The lowest BCUT2D eigenvalue weighted by molar-refractivity contribution is 0.0987. The Morgan fingerprint density at radius 1 is 1.21 bits per heavy atom. The Balaban J connectivity index is 1.40. The molecule has 0 atom stereocenters. The lowest BCUT2D eigenvalue weighted by Gasteiger charge is -2.04. The number of H-pyrrole nitrogens is 2. The SMILES string of the molecule is Cc1[nH]nc(C(=O)Cc2cnc3[nH]c(-c4ccnc(NC5CC5)c4)cc3c2)c1C. The normalized spacial score (nSPS) is 13.7. The number of pyridine rings is 2. The molecule has 0 radical (unpaired) electrons. The van der Waals surface area contributed by atoms with Crippen LogP contribution in [0.5, 0.6) is 0 Å². The minimum absolute atomic E-state index is 0.00585. The van der Waals surface area contributed by atoms with Gasteiger partial charge in [0.25, 0.3) is 0 Å². The van der Waals surface area contributed by atoms with E-state index in [9.17, 15) is 4.79 Å². The molecule has 0 saturated heterocycles. The van der Waals surface area contributed by atoms with Gasteiger partial charge in [-0.3, -0.25) is 9.89 Å². The van der Waals surface area contributed by atoms with E-state index in [1.807, 2.05) is 32.2 Å². The van der Waals surface area contributed by atoms with Gasteiger partial charge in [0.2, 0.25) is 0 Å². The van der Waals surface area contributed by atoms with Crippen LogP contribution in [0.3, 0.4) is 0 Å². The summed E-state index contributed by atoms with van der Waals surface area (Å²) < 4.78 is 0. The summed E-state index contributed by atoms with van der Waals surface area (Å²) in [5.74, 6) is 0.890. The number of hydrogen-bond donors (Lipinski definition) is 3. The number of nitrogens with zero attached hydrogens (tertiary/aromatic N) is 3. The largest absolute Gasteiger partial charge is 0.367 e. The Hall–Kier alpha value is -3.48. The van der Waals surface area contributed by atoms with Crippen LogP contribution in [-0.2, 0) is 6.42 Å².